The van der Waals surface area contributed by atoms with Gasteiger partial charge in [-0.05, 0) is 60.4 Å². The summed E-state index contributed by atoms with van der Waals surface area (Å²) < 4.78 is 0.906. The Labute approximate surface area is 214 Å². The Hall–Kier alpha value is -3.16. The predicted molar refractivity (Wildman–Crippen MR) is 142 cm³/mol. The van der Waals surface area contributed by atoms with Gasteiger partial charge < -0.3 is 20.2 Å². The molecule has 0 bridgehead atoms. The molecule has 4 rings (SSSR count). The van der Waals surface area contributed by atoms with Crippen LogP contribution >= 0.6 is 15.9 Å². The molecule has 0 saturated carbocycles. The van der Waals surface area contributed by atoms with Gasteiger partial charge in [-0.2, -0.15) is 0 Å². The normalized spacial score (nSPS) is 14.5. The highest BCUT2D eigenvalue weighted by molar-refractivity contribution is 9.10. The summed E-state index contributed by atoms with van der Waals surface area (Å²) in [6, 6.07) is 25.2. The van der Waals surface area contributed by atoms with Crippen LogP contribution in [0.4, 0.5) is 11.4 Å². The van der Waals surface area contributed by atoms with E-state index < -0.39 is 6.10 Å². The first-order valence-corrected chi connectivity index (χ1v) is 12.7. The molecule has 6 nitrogen and oxygen atoms in total. The molecule has 1 aliphatic heterocycles. The molecule has 1 aliphatic rings. The maximum Gasteiger partial charge on any atom is 0.256 e. The van der Waals surface area contributed by atoms with Crippen LogP contribution < -0.4 is 10.2 Å². The van der Waals surface area contributed by atoms with Crippen LogP contribution in [0.1, 0.15) is 30.1 Å². The molecule has 182 valence electrons. The number of rotatable bonds is 8. The lowest BCUT2D eigenvalue weighted by molar-refractivity contribution is -0.140. The number of halogens is 1. The second kappa shape index (κ2) is 12.0. The molecular weight excluding hydrogens is 506 g/mol. The summed E-state index contributed by atoms with van der Waals surface area (Å²) in [5.41, 5.74) is 3.67. The summed E-state index contributed by atoms with van der Waals surface area (Å²) in [4.78, 5) is 28.9. The maximum absolute atomic E-state index is 12.7. The zero-order valence-electron chi connectivity index (χ0n) is 19.6. The highest BCUT2D eigenvalue weighted by Gasteiger charge is 2.27. The van der Waals surface area contributed by atoms with Gasteiger partial charge in [0.15, 0.2) is 6.10 Å². The first kappa shape index (κ1) is 24.9. The SMILES string of the molecule is O=C(CCCc1ccccc1)Nc1ccc(N2CCN(C(=O)C(O)c3ccc(Br)cc3)CC2)cc1. The number of benzene rings is 3. The Morgan fingerprint density at radius 2 is 1.54 bits per heavy atom. The van der Waals surface area contributed by atoms with Crippen LogP contribution in [-0.2, 0) is 16.0 Å². The standard InChI is InChI=1S/C28H30BrN3O3/c29-23-11-9-22(10-12-23)27(34)28(35)32-19-17-31(18-20-32)25-15-13-24(14-16-25)30-26(33)8-4-7-21-5-2-1-3-6-21/h1-3,5-6,9-16,27,34H,4,7-8,17-20H2,(H,30,33). The molecule has 2 amide bonds. The molecule has 3 aromatic carbocycles. The molecule has 1 atom stereocenters. The van der Waals surface area contributed by atoms with E-state index in [0.29, 0.717) is 38.2 Å². The summed E-state index contributed by atoms with van der Waals surface area (Å²) in [6.45, 7) is 2.46. The van der Waals surface area contributed by atoms with E-state index in [1.54, 1.807) is 17.0 Å². The van der Waals surface area contributed by atoms with Crippen molar-refractivity contribution in [3.63, 3.8) is 0 Å². The van der Waals surface area contributed by atoms with Crippen LogP contribution in [0, 0.1) is 0 Å². The van der Waals surface area contributed by atoms with Crippen molar-refractivity contribution in [1.82, 2.24) is 4.90 Å². The van der Waals surface area contributed by atoms with Gasteiger partial charge in [-0.15, -0.1) is 0 Å². The predicted octanol–water partition coefficient (Wildman–Crippen LogP) is 4.79. The van der Waals surface area contributed by atoms with Crippen molar-refractivity contribution in [3.05, 3.63) is 94.5 Å². The molecule has 35 heavy (non-hydrogen) atoms. The second-order valence-electron chi connectivity index (χ2n) is 8.70. The van der Waals surface area contributed by atoms with E-state index in [4.69, 9.17) is 0 Å². The van der Waals surface area contributed by atoms with E-state index in [0.717, 1.165) is 28.7 Å². The number of nitrogens with one attached hydrogen (secondary N) is 1. The number of carbonyl (C=O) groups excluding carboxylic acids is 2. The minimum absolute atomic E-state index is 0.0186. The fraction of sp³-hybridized carbons (Fsp3) is 0.286. The van der Waals surface area contributed by atoms with E-state index in [1.165, 1.54) is 5.56 Å². The lowest BCUT2D eigenvalue weighted by Gasteiger charge is -2.37. The Morgan fingerprint density at radius 3 is 2.20 bits per heavy atom. The van der Waals surface area contributed by atoms with Crippen LogP contribution in [0.15, 0.2) is 83.3 Å². The van der Waals surface area contributed by atoms with Gasteiger partial charge in [0.05, 0.1) is 0 Å². The number of anilines is 2. The second-order valence-corrected chi connectivity index (χ2v) is 9.62. The number of aliphatic hydroxyl groups excluding tert-OH is 1. The molecule has 1 heterocycles. The van der Waals surface area contributed by atoms with Crippen molar-refractivity contribution < 1.29 is 14.7 Å². The minimum Gasteiger partial charge on any atom is -0.378 e. The van der Waals surface area contributed by atoms with Gasteiger partial charge in [0.1, 0.15) is 0 Å². The van der Waals surface area contributed by atoms with E-state index in [1.807, 2.05) is 54.6 Å². The molecule has 1 unspecified atom stereocenters. The fourth-order valence-corrected chi connectivity index (χ4v) is 4.49. The molecule has 7 heteroatoms. The Bertz CT molecular complexity index is 1110. The van der Waals surface area contributed by atoms with Gasteiger partial charge in [0, 0.05) is 48.4 Å². The third-order valence-corrected chi connectivity index (χ3v) is 6.77. The van der Waals surface area contributed by atoms with Crippen molar-refractivity contribution in [2.24, 2.45) is 0 Å². The quantitative estimate of drug-likeness (QED) is 0.434. The highest BCUT2D eigenvalue weighted by Crippen LogP contribution is 2.23. The van der Waals surface area contributed by atoms with Gasteiger partial charge in [0.2, 0.25) is 5.91 Å². The van der Waals surface area contributed by atoms with Gasteiger partial charge in [-0.25, -0.2) is 0 Å². The molecule has 1 fully saturated rings. The van der Waals surface area contributed by atoms with Gasteiger partial charge >= 0.3 is 0 Å². The van der Waals surface area contributed by atoms with Crippen LogP contribution in [-0.4, -0.2) is 48.0 Å². The first-order valence-electron chi connectivity index (χ1n) is 11.9. The van der Waals surface area contributed by atoms with Crippen LogP contribution in [0.25, 0.3) is 0 Å². The molecule has 2 N–H and O–H groups in total. The number of carbonyl (C=O) groups is 2. The number of piperazine rings is 1. The maximum atomic E-state index is 12.7. The first-order chi connectivity index (χ1) is 17.0. The summed E-state index contributed by atoms with van der Waals surface area (Å²) >= 11 is 3.37. The Kier molecular flexibility index (Phi) is 8.55. The number of nitrogens with zero attached hydrogens (tertiary/aromatic N) is 2. The fourth-order valence-electron chi connectivity index (χ4n) is 4.22. The molecule has 3 aromatic rings. The number of amides is 2. The minimum atomic E-state index is -1.15. The molecule has 0 radical (unpaired) electrons. The molecular formula is C28H30BrN3O3. The molecule has 1 saturated heterocycles. The zero-order chi connectivity index (χ0) is 24.6. The van der Waals surface area contributed by atoms with E-state index in [2.05, 4.69) is 38.3 Å². The van der Waals surface area contributed by atoms with Crippen molar-refractivity contribution in [3.8, 4) is 0 Å². The number of aliphatic hydroxyl groups is 1. The lowest BCUT2D eigenvalue weighted by atomic mass is 10.1. The Morgan fingerprint density at radius 1 is 0.886 bits per heavy atom. The highest BCUT2D eigenvalue weighted by atomic mass is 79.9. The third-order valence-electron chi connectivity index (χ3n) is 6.24. The summed E-state index contributed by atoms with van der Waals surface area (Å²) in [7, 11) is 0. The average molecular weight is 536 g/mol. The monoisotopic (exact) mass is 535 g/mol. The van der Waals surface area contributed by atoms with Crippen molar-refractivity contribution >= 4 is 39.1 Å². The van der Waals surface area contributed by atoms with Crippen LogP contribution in [0.2, 0.25) is 0 Å². The molecule has 0 aliphatic carbocycles. The average Bonchev–Trinajstić information content (AvgIpc) is 2.89. The topological polar surface area (TPSA) is 72.9 Å². The molecule has 0 spiro atoms. The zero-order valence-corrected chi connectivity index (χ0v) is 21.2. The van der Waals surface area contributed by atoms with Crippen molar-refractivity contribution in [1.29, 1.82) is 0 Å². The van der Waals surface area contributed by atoms with E-state index >= 15 is 0 Å². The van der Waals surface area contributed by atoms with Crippen molar-refractivity contribution in [2.75, 3.05) is 36.4 Å². The van der Waals surface area contributed by atoms with E-state index in [9.17, 15) is 14.7 Å². The Balaban J connectivity index is 1.22. The van der Waals surface area contributed by atoms with E-state index in [-0.39, 0.29) is 11.8 Å². The smallest absolute Gasteiger partial charge is 0.256 e. The van der Waals surface area contributed by atoms with Gasteiger partial charge in [0.25, 0.3) is 5.91 Å². The third kappa shape index (κ3) is 6.93. The van der Waals surface area contributed by atoms with Gasteiger partial charge in [-0.3, -0.25) is 9.59 Å². The summed E-state index contributed by atoms with van der Waals surface area (Å²) in [5, 5.41) is 13.4. The number of hydrogen-bond acceptors (Lipinski definition) is 4. The van der Waals surface area contributed by atoms with Crippen molar-refractivity contribution in [2.45, 2.75) is 25.4 Å². The lowest BCUT2D eigenvalue weighted by Crippen LogP contribution is -2.50. The summed E-state index contributed by atoms with van der Waals surface area (Å²) in [5.74, 6) is -0.248. The number of hydrogen-bond donors (Lipinski definition) is 2. The van der Waals surface area contributed by atoms with Crippen LogP contribution in [0.5, 0.6) is 0 Å². The van der Waals surface area contributed by atoms with Gasteiger partial charge in [-0.1, -0.05) is 58.4 Å². The number of aryl methyl sites for hydroxylation is 1. The molecule has 0 aromatic heterocycles. The van der Waals surface area contributed by atoms with Crippen LogP contribution in [0.3, 0.4) is 0 Å². The largest absolute Gasteiger partial charge is 0.378 e. The summed E-state index contributed by atoms with van der Waals surface area (Å²) in [6.07, 6.45) is 1.04.